The van der Waals surface area contributed by atoms with Crippen molar-refractivity contribution < 1.29 is 5.11 Å². The van der Waals surface area contributed by atoms with E-state index in [1.54, 1.807) is 6.07 Å². The molecule has 1 aromatic carbocycles. The summed E-state index contributed by atoms with van der Waals surface area (Å²) in [4.78, 5) is 0. The number of aromatic hydroxyl groups is 1. The molecule has 1 aromatic heterocycles. The van der Waals surface area contributed by atoms with Crippen molar-refractivity contribution in [2.24, 2.45) is 5.73 Å². The van der Waals surface area contributed by atoms with Crippen molar-refractivity contribution in [1.82, 2.24) is 9.78 Å². The zero-order chi connectivity index (χ0) is 12.7. The SMILES string of the molecule is C[C@@H](N)Cn1ncc2c1-c1cc(O)ccc1CC2. The third-order valence-corrected chi connectivity index (χ3v) is 3.39. The summed E-state index contributed by atoms with van der Waals surface area (Å²) in [5, 5.41) is 14.1. The monoisotopic (exact) mass is 243 g/mol. The van der Waals surface area contributed by atoms with Gasteiger partial charge in [0.25, 0.3) is 0 Å². The van der Waals surface area contributed by atoms with Crippen molar-refractivity contribution in [2.75, 3.05) is 0 Å². The van der Waals surface area contributed by atoms with Crippen LogP contribution in [-0.2, 0) is 19.4 Å². The largest absolute Gasteiger partial charge is 0.508 e. The third kappa shape index (κ3) is 1.78. The first-order chi connectivity index (χ1) is 8.65. The predicted octanol–water partition coefficient (Wildman–Crippen LogP) is 1.70. The van der Waals surface area contributed by atoms with E-state index in [9.17, 15) is 5.11 Å². The van der Waals surface area contributed by atoms with Gasteiger partial charge in [-0.05, 0) is 43.0 Å². The number of rotatable bonds is 2. The van der Waals surface area contributed by atoms with Crippen LogP contribution in [0.1, 0.15) is 18.1 Å². The Labute approximate surface area is 106 Å². The van der Waals surface area contributed by atoms with E-state index >= 15 is 0 Å². The van der Waals surface area contributed by atoms with Crippen LogP contribution in [-0.4, -0.2) is 20.9 Å². The van der Waals surface area contributed by atoms with Gasteiger partial charge < -0.3 is 10.8 Å². The molecule has 0 saturated heterocycles. The van der Waals surface area contributed by atoms with E-state index in [1.807, 2.05) is 29.9 Å². The van der Waals surface area contributed by atoms with Crippen molar-refractivity contribution in [3.05, 3.63) is 35.5 Å². The van der Waals surface area contributed by atoms with E-state index in [1.165, 1.54) is 11.1 Å². The normalized spacial score (nSPS) is 15.0. The average Bonchev–Trinajstić information content (AvgIpc) is 2.72. The number of aromatic nitrogens is 2. The van der Waals surface area contributed by atoms with Crippen molar-refractivity contribution in [3.63, 3.8) is 0 Å². The predicted molar refractivity (Wildman–Crippen MR) is 70.4 cm³/mol. The van der Waals surface area contributed by atoms with Gasteiger partial charge in [-0.1, -0.05) is 6.07 Å². The van der Waals surface area contributed by atoms with E-state index in [4.69, 9.17) is 5.73 Å². The fraction of sp³-hybridized carbons (Fsp3) is 0.357. The van der Waals surface area contributed by atoms with Gasteiger partial charge in [-0.25, -0.2) is 0 Å². The van der Waals surface area contributed by atoms with Crippen LogP contribution in [0.3, 0.4) is 0 Å². The Morgan fingerprint density at radius 1 is 1.39 bits per heavy atom. The number of hydrogen-bond acceptors (Lipinski definition) is 3. The summed E-state index contributed by atoms with van der Waals surface area (Å²) in [7, 11) is 0. The highest BCUT2D eigenvalue weighted by atomic mass is 16.3. The maximum absolute atomic E-state index is 9.67. The first-order valence-corrected chi connectivity index (χ1v) is 6.27. The number of aryl methyl sites for hydroxylation is 2. The maximum Gasteiger partial charge on any atom is 0.116 e. The second-order valence-electron chi connectivity index (χ2n) is 5.02. The number of nitrogens with zero attached hydrogens (tertiary/aromatic N) is 2. The van der Waals surface area contributed by atoms with E-state index in [0.717, 1.165) is 24.1 Å². The van der Waals surface area contributed by atoms with E-state index in [-0.39, 0.29) is 6.04 Å². The highest BCUT2D eigenvalue weighted by Gasteiger charge is 2.21. The molecule has 3 N–H and O–H groups in total. The van der Waals surface area contributed by atoms with Crippen LogP contribution in [0.2, 0.25) is 0 Å². The van der Waals surface area contributed by atoms with Crippen molar-refractivity contribution in [1.29, 1.82) is 0 Å². The number of phenolic OH excluding ortho intramolecular Hbond substituents is 1. The Kier molecular flexibility index (Phi) is 2.59. The molecule has 0 fully saturated rings. The summed E-state index contributed by atoms with van der Waals surface area (Å²) in [5.74, 6) is 0.301. The average molecular weight is 243 g/mol. The van der Waals surface area contributed by atoms with Gasteiger partial charge in [0.05, 0.1) is 18.4 Å². The fourth-order valence-electron chi connectivity index (χ4n) is 2.60. The Morgan fingerprint density at radius 3 is 2.94 bits per heavy atom. The summed E-state index contributed by atoms with van der Waals surface area (Å²) in [5.41, 5.74) is 10.6. The maximum atomic E-state index is 9.67. The molecule has 0 radical (unpaired) electrons. The number of nitrogens with two attached hydrogens (primary N) is 1. The molecule has 0 unspecified atom stereocenters. The lowest BCUT2D eigenvalue weighted by Crippen LogP contribution is -2.23. The minimum atomic E-state index is 0.0664. The molecule has 1 aliphatic carbocycles. The number of fused-ring (bicyclic) bond motifs is 3. The molecule has 18 heavy (non-hydrogen) atoms. The zero-order valence-corrected chi connectivity index (χ0v) is 10.4. The van der Waals surface area contributed by atoms with Crippen LogP contribution in [0, 0.1) is 0 Å². The van der Waals surface area contributed by atoms with Gasteiger partial charge in [-0.15, -0.1) is 0 Å². The summed E-state index contributed by atoms with van der Waals surface area (Å²) in [6.45, 7) is 2.67. The summed E-state index contributed by atoms with van der Waals surface area (Å²) >= 11 is 0. The Bertz CT molecular complexity index is 587. The van der Waals surface area contributed by atoms with Gasteiger partial charge in [0.15, 0.2) is 0 Å². The Morgan fingerprint density at radius 2 is 2.17 bits per heavy atom. The first-order valence-electron chi connectivity index (χ1n) is 6.27. The lowest BCUT2D eigenvalue weighted by Gasteiger charge is -2.19. The minimum Gasteiger partial charge on any atom is -0.508 e. The molecular formula is C14H17N3O. The van der Waals surface area contributed by atoms with Gasteiger partial charge in [0, 0.05) is 11.6 Å². The standard InChI is InChI=1S/C14H17N3O/c1-9(15)8-17-14-11(7-16-17)3-2-10-4-5-12(18)6-13(10)14/h4-7,9,18H,2-3,8,15H2,1H3/t9-/m1/s1. The van der Waals surface area contributed by atoms with E-state index in [0.29, 0.717) is 12.3 Å². The van der Waals surface area contributed by atoms with Crippen molar-refractivity contribution >= 4 is 0 Å². The lowest BCUT2D eigenvalue weighted by atomic mass is 9.90. The van der Waals surface area contributed by atoms with E-state index < -0.39 is 0 Å². The molecule has 0 spiro atoms. The highest BCUT2D eigenvalue weighted by Crippen LogP contribution is 2.35. The minimum absolute atomic E-state index is 0.0664. The van der Waals surface area contributed by atoms with Gasteiger partial charge in [-0.3, -0.25) is 4.68 Å². The molecule has 1 aliphatic rings. The summed E-state index contributed by atoms with van der Waals surface area (Å²) in [6, 6.07) is 5.64. The quantitative estimate of drug-likeness (QED) is 0.843. The Hall–Kier alpha value is -1.81. The van der Waals surface area contributed by atoms with Crippen molar-refractivity contribution in [3.8, 4) is 17.0 Å². The van der Waals surface area contributed by atoms with Crippen LogP contribution in [0.5, 0.6) is 5.75 Å². The molecule has 0 saturated carbocycles. The van der Waals surface area contributed by atoms with Gasteiger partial charge in [0.1, 0.15) is 5.75 Å². The smallest absolute Gasteiger partial charge is 0.116 e. The number of phenols is 1. The molecule has 0 aliphatic heterocycles. The number of benzene rings is 1. The van der Waals surface area contributed by atoms with Gasteiger partial charge in [-0.2, -0.15) is 5.10 Å². The molecule has 1 atom stereocenters. The van der Waals surface area contributed by atoms with Crippen LogP contribution in [0.15, 0.2) is 24.4 Å². The first kappa shape index (κ1) is 11.3. The molecule has 4 nitrogen and oxygen atoms in total. The van der Waals surface area contributed by atoms with Crippen LogP contribution < -0.4 is 5.73 Å². The molecule has 94 valence electrons. The van der Waals surface area contributed by atoms with Gasteiger partial charge >= 0.3 is 0 Å². The molecule has 0 amide bonds. The molecule has 1 heterocycles. The number of hydrogen-bond donors (Lipinski definition) is 2. The lowest BCUT2D eigenvalue weighted by molar-refractivity contribution is 0.475. The zero-order valence-electron chi connectivity index (χ0n) is 10.4. The molecule has 3 rings (SSSR count). The van der Waals surface area contributed by atoms with Gasteiger partial charge in [0.2, 0.25) is 0 Å². The molecule has 4 heteroatoms. The van der Waals surface area contributed by atoms with Crippen LogP contribution >= 0.6 is 0 Å². The van der Waals surface area contributed by atoms with E-state index in [2.05, 4.69) is 5.10 Å². The topological polar surface area (TPSA) is 64.1 Å². The van der Waals surface area contributed by atoms with Crippen LogP contribution in [0.4, 0.5) is 0 Å². The third-order valence-electron chi connectivity index (χ3n) is 3.39. The van der Waals surface area contributed by atoms with Crippen LogP contribution in [0.25, 0.3) is 11.3 Å². The molecule has 0 bridgehead atoms. The Balaban J connectivity index is 2.14. The highest BCUT2D eigenvalue weighted by molar-refractivity contribution is 5.71. The summed E-state index contributed by atoms with van der Waals surface area (Å²) in [6.07, 6.45) is 3.93. The molecule has 2 aromatic rings. The second-order valence-corrected chi connectivity index (χ2v) is 5.02. The fourth-order valence-corrected chi connectivity index (χ4v) is 2.60. The second kappa shape index (κ2) is 4.14. The van der Waals surface area contributed by atoms with Crippen molar-refractivity contribution in [2.45, 2.75) is 32.4 Å². The molecular weight excluding hydrogens is 226 g/mol. The summed E-state index contributed by atoms with van der Waals surface area (Å²) < 4.78 is 1.96.